The van der Waals surface area contributed by atoms with Crippen LogP contribution in [-0.4, -0.2) is 29.6 Å². The van der Waals surface area contributed by atoms with Gasteiger partial charge in [0.25, 0.3) is 0 Å². The Morgan fingerprint density at radius 2 is 2.05 bits per heavy atom. The molecule has 2 rings (SSSR count). The van der Waals surface area contributed by atoms with Gasteiger partial charge in [0.05, 0.1) is 30.6 Å². The molecule has 0 bridgehead atoms. The van der Waals surface area contributed by atoms with Crippen LogP contribution < -0.4 is 10.5 Å². The van der Waals surface area contributed by atoms with Gasteiger partial charge in [0, 0.05) is 13.7 Å². The van der Waals surface area contributed by atoms with E-state index in [2.05, 4.69) is 12.0 Å². The molecule has 0 saturated heterocycles. The van der Waals surface area contributed by atoms with Crippen molar-refractivity contribution in [3.8, 4) is 5.75 Å². The first-order valence-electron chi connectivity index (χ1n) is 7.09. The Morgan fingerprint density at radius 1 is 1.37 bits per heavy atom. The molecule has 1 fully saturated rings. The fourth-order valence-electron chi connectivity index (χ4n) is 3.14. The van der Waals surface area contributed by atoms with Gasteiger partial charge >= 0.3 is 0 Å². The van der Waals surface area contributed by atoms with Gasteiger partial charge in [-0.2, -0.15) is 5.10 Å². The molecular weight excluding hydrogens is 242 g/mol. The Bertz CT molecular complexity index is 389. The van der Waals surface area contributed by atoms with Crippen LogP contribution in [0.4, 0.5) is 0 Å². The van der Waals surface area contributed by atoms with Crippen molar-refractivity contribution in [2.45, 2.75) is 57.2 Å². The first-order valence-corrected chi connectivity index (χ1v) is 7.09. The van der Waals surface area contributed by atoms with Gasteiger partial charge in [0.1, 0.15) is 0 Å². The Kier molecular flexibility index (Phi) is 4.47. The largest absolute Gasteiger partial charge is 0.493 e. The van der Waals surface area contributed by atoms with Crippen molar-refractivity contribution in [2.75, 3.05) is 14.2 Å². The smallest absolute Gasteiger partial charge is 0.161 e. The summed E-state index contributed by atoms with van der Waals surface area (Å²) >= 11 is 0. The van der Waals surface area contributed by atoms with Gasteiger partial charge in [-0.25, -0.2) is 0 Å². The van der Waals surface area contributed by atoms with Gasteiger partial charge in [-0.3, -0.25) is 4.68 Å². The van der Waals surface area contributed by atoms with E-state index in [-0.39, 0.29) is 11.6 Å². The lowest BCUT2D eigenvalue weighted by molar-refractivity contribution is -0.0616. The third-order valence-corrected chi connectivity index (χ3v) is 4.33. The first kappa shape index (κ1) is 14.3. The van der Waals surface area contributed by atoms with E-state index in [0.717, 1.165) is 30.8 Å². The van der Waals surface area contributed by atoms with Crippen LogP contribution in [0.1, 0.15) is 50.8 Å². The zero-order chi connectivity index (χ0) is 13.9. The summed E-state index contributed by atoms with van der Waals surface area (Å²) in [5.41, 5.74) is 7.22. The highest BCUT2D eigenvalue weighted by atomic mass is 16.5. The minimum absolute atomic E-state index is 0.199. The van der Waals surface area contributed by atoms with E-state index in [1.807, 2.05) is 4.68 Å². The highest BCUT2D eigenvalue weighted by Gasteiger charge is 2.41. The van der Waals surface area contributed by atoms with E-state index < -0.39 is 0 Å². The quantitative estimate of drug-likeness (QED) is 0.889. The molecule has 5 heteroatoms. The van der Waals surface area contributed by atoms with E-state index in [1.165, 1.54) is 19.3 Å². The third-order valence-electron chi connectivity index (χ3n) is 4.33. The van der Waals surface area contributed by atoms with Crippen LogP contribution in [0.3, 0.4) is 0 Å². The maximum absolute atomic E-state index is 6.55. The van der Waals surface area contributed by atoms with Crippen molar-refractivity contribution in [3.05, 3.63) is 11.9 Å². The summed E-state index contributed by atoms with van der Waals surface area (Å²) in [7, 11) is 3.43. The van der Waals surface area contributed by atoms with Crippen LogP contribution in [0.15, 0.2) is 6.20 Å². The molecule has 2 N–H and O–H groups in total. The number of nitrogens with two attached hydrogens (primary N) is 1. The second-order valence-corrected chi connectivity index (χ2v) is 5.22. The van der Waals surface area contributed by atoms with Gasteiger partial charge < -0.3 is 15.2 Å². The Balaban J connectivity index is 2.35. The van der Waals surface area contributed by atoms with Crippen molar-refractivity contribution < 1.29 is 9.47 Å². The predicted octanol–water partition coefficient (Wildman–Crippen LogP) is 2.26. The number of hydrogen-bond donors (Lipinski definition) is 1. The minimum Gasteiger partial charge on any atom is -0.493 e. The second-order valence-electron chi connectivity index (χ2n) is 5.22. The molecule has 1 aliphatic rings. The molecule has 1 saturated carbocycles. The molecule has 1 aromatic heterocycles. The van der Waals surface area contributed by atoms with Gasteiger partial charge in [0.2, 0.25) is 0 Å². The molecule has 0 aromatic carbocycles. The maximum atomic E-state index is 6.55. The Morgan fingerprint density at radius 3 is 2.58 bits per heavy atom. The van der Waals surface area contributed by atoms with Crippen molar-refractivity contribution in [3.63, 3.8) is 0 Å². The fourth-order valence-corrected chi connectivity index (χ4v) is 3.14. The van der Waals surface area contributed by atoms with Crippen LogP contribution in [-0.2, 0) is 11.3 Å². The SMILES string of the molecule is CCn1ncc(OC)c1C(N)C1(OC)CCCCC1. The summed E-state index contributed by atoms with van der Waals surface area (Å²) in [6, 6.07) is -0.199. The lowest BCUT2D eigenvalue weighted by Gasteiger charge is -2.40. The molecule has 0 radical (unpaired) electrons. The van der Waals surface area contributed by atoms with Crippen LogP contribution >= 0.6 is 0 Å². The number of ether oxygens (including phenoxy) is 2. The van der Waals surface area contributed by atoms with Crippen molar-refractivity contribution >= 4 is 0 Å². The van der Waals surface area contributed by atoms with Gasteiger partial charge in [-0.1, -0.05) is 19.3 Å². The van der Waals surface area contributed by atoms with Crippen LogP contribution in [0.2, 0.25) is 0 Å². The molecule has 1 aromatic rings. The average molecular weight is 267 g/mol. The molecule has 0 spiro atoms. The number of nitrogens with zero attached hydrogens (tertiary/aromatic N) is 2. The van der Waals surface area contributed by atoms with Crippen molar-refractivity contribution in [1.82, 2.24) is 9.78 Å². The molecule has 0 amide bonds. The summed E-state index contributed by atoms with van der Waals surface area (Å²) in [6.45, 7) is 2.84. The molecule has 1 unspecified atom stereocenters. The monoisotopic (exact) mass is 267 g/mol. The van der Waals surface area contributed by atoms with Gasteiger partial charge in [0.15, 0.2) is 5.75 Å². The summed E-state index contributed by atoms with van der Waals surface area (Å²) < 4.78 is 13.2. The average Bonchev–Trinajstić information content (AvgIpc) is 2.89. The molecule has 19 heavy (non-hydrogen) atoms. The molecule has 0 aliphatic heterocycles. The third kappa shape index (κ3) is 2.49. The second kappa shape index (κ2) is 5.92. The summed E-state index contributed by atoms with van der Waals surface area (Å²) in [4.78, 5) is 0. The van der Waals surface area contributed by atoms with Gasteiger partial charge in [-0.15, -0.1) is 0 Å². The molecule has 1 heterocycles. The minimum atomic E-state index is -0.279. The zero-order valence-corrected chi connectivity index (χ0v) is 12.2. The summed E-state index contributed by atoms with van der Waals surface area (Å²) in [5, 5.41) is 4.34. The Labute approximate surface area is 115 Å². The standard InChI is InChI=1S/C14H25N3O2/c1-4-17-12(11(18-2)10-16-17)13(15)14(19-3)8-6-5-7-9-14/h10,13H,4-9,15H2,1-3H3. The van der Waals surface area contributed by atoms with Crippen LogP contribution in [0.5, 0.6) is 5.75 Å². The summed E-state index contributed by atoms with van der Waals surface area (Å²) in [5.74, 6) is 0.761. The topological polar surface area (TPSA) is 62.3 Å². The highest BCUT2D eigenvalue weighted by molar-refractivity contribution is 5.30. The number of rotatable bonds is 5. The number of methoxy groups -OCH3 is 2. The van der Waals surface area contributed by atoms with Crippen LogP contribution in [0.25, 0.3) is 0 Å². The lowest BCUT2D eigenvalue weighted by Crippen LogP contribution is -2.45. The molecular formula is C14H25N3O2. The summed E-state index contributed by atoms with van der Waals surface area (Å²) in [6.07, 6.45) is 7.35. The Hall–Kier alpha value is -1.07. The maximum Gasteiger partial charge on any atom is 0.161 e. The predicted molar refractivity (Wildman–Crippen MR) is 74.2 cm³/mol. The van der Waals surface area contributed by atoms with Crippen molar-refractivity contribution in [1.29, 1.82) is 0 Å². The van der Waals surface area contributed by atoms with E-state index in [4.69, 9.17) is 15.2 Å². The van der Waals surface area contributed by atoms with Crippen molar-refractivity contribution in [2.24, 2.45) is 5.73 Å². The number of hydrogen-bond acceptors (Lipinski definition) is 4. The molecule has 108 valence electrons. The fraction of sp³-hybridized carbons (Fsp3) is 0.786. The molecule has 1 aliphatic carbocycles. The van der Waals surface area contributed by atoms with E-state index in [9.17, 15) is 0 Å². The first-order chi connectivity index (χ1) is 9.18. The van der Waals surface area contributed by atoms with Gasteiger partial charge in [-0.05, 0) is 19.8 Å². The van der Waals surface area contributed by atoms with Crippen LogP contribution in [0, 0.1) is 0 Å². The number of aromatic nitrogens is 2. The van der Waals surface area contributed by atoms with E-state index in [0.29, 0.717) is 0 Å². The molecule has 1 atom stereocenters. The number of aryl methyl sites for hydroxylation is 1. The normalized spacial score (nSPS) is 20.2. The van der Waals surface area contributed by atoms with E-state index in [1.54, 1.807) is 20.4 Å². The lowest BCUT2D eigenvalue weighted by atomic mass is 9.78. The van der Waals surface area contributed by atoms with E-state index >= 15 is 0 Å². The zero-order valence-electron chi connectivity index (χ0n) is 12.2. The highest BCUT2D eigenvalue weighted by Crippen LogP contribution is 2.42. The molecule has 5 nitrogen and oxygen atoms in total.